The molecule has 118 valence electrons. The van der Waals surface area contributed by atoms with Gasteiger partial charge in [-0.2, -0.15) is 11.8 Å². The summed E-state index contributed by atoms with van der Waals surface area (Å²) in [6.07, 6.45) is -0.000738. The van der Waals surface area contributed by atoms with E-state index in [1.807, 2.05) is 18.2 Å². The average molecular weight is 322 g/mol. The van der Waals surface area contributed by atoms with Gasteiger partial charge >= 0.3 is 5.97 Å². The van der Waals surface area contributed by atoms with Crippen molar-refractivity contribution in [1.29, 1.82) is 0 Å². The molecule has 2 atom stereocenters. The molecular weight excluding hydrogens is 304 g/mol. The van der Waals surface area contributed by atoms with Crippen LogP contribution < -0.4 is 5.73 Å². The lowest BCUT2D eigenvalue weighted by Gasteiger charge is -2.56. The van der Waals surface area contributed by atoms with Gasteiger partial charge in [0.2, 0.25) is 5.60 Å². The van der Waals surface area contributed by atoms with Gasteiger partial charge in [0.25, 0.3) is 11.6 Å². The van der Waals surface area contributed by atoms with Crippen molar-refractivity contribution < 1.29 is 19.4 Å². The van der Waals surface area contributed by atoms with E-state index >= 15 is 0 Å². The Balaban J connectivity index is 1.95. The zero-order valence-electron chi connectivity index (χ0n) is 12.0. The lowest BCUT2D eigenvalue weighted by atomic mass is 9.77. The highest BCUT2D eigenvalue weighted by molar-refractivity contribution is 7.99. The number of amides is 1. The van der Waals surface area contributed by atoms with E-state index in [2.05, 4.69) is 0 Å². The number of aliphatic hydroxyl groups is 1. The molecule has 0 aliphatic carbocycles. The largest absolute Gasteiger partial charge is 0.428 e. The van der Waals surface area contributed by atoms with Crippen molar-refractivity contribution in [3.05, 3.63) is 35.9 Å². The second-order valence-electron chi connectivity index (χ2n) is 5.52. The highest BCUT2D eigenvalue weighted by Crippen LogP contribution is 2.44. The van der Waals surface area contributed by atoms with Gasteiger partial charge in [-0.15, -0.1) is 0 Å². The van der Waals surface area contributed by atoms with Crippen LogP contribution in [0.4, 0.5) is 0 Å². The van der Waals surface area contributed by atoms with Crippen molar-refractivity contribution in [2.45, 2.75) is 17.7 Å². The number of nitrogens with two attached hydrogens (primary N) is 1. The van der Waals surface area contributed by atoms with Crippen LogP contribution in [0.5, 0.6) is 0 Å². The predicted molar refractivity (Wildman–Crippen MR) is 82.0 cm³/mol. The van der Waals surface area contributed by atoms with Gasteiger partial charge in [-0.3, -0.25) is 9.69 Å². The van der Waals surface area contributed by atoms with Gasteiger partial charge in [0.15, 0.2) is 0 Å². The Bertz CT molecular complexity index is 590. The molecule has 0 radical (unpaired) electrons. The van der Waals surface area contributed by atoms with E-state index in [1.54, 1.807) is 28.8 Å². The third-order valence-electron chi connectivity index (χ3n) is 4.23. The summed E-state index contributed by atoms with van der Waals surface area (Å²) in [5.41, 5.74) is 2.57. The van der Waals surface area contributed by atoms with Crippen LogP contribution in [0.25, 0.3) is 0 Å². The first kappa shape index (κ1) is 15.3. The number of thioether (sulfide) groups is 1. The van der Waals surface area contributed by atoms with Gasteiger partial charge in [0.05, 0.1) is 0 Å². The van der Waals surface area contributed by atoms with E-state index in [4.69, 9.17) is 10.5 Å². The van der Waals surface area contributed by atoms with Crippen molar-refractivity contribution in [2.75, 3.05) is 24.6 Å². The van der Waals surface area contributed by atoms with Gasteiger partial charge < -0.3 is 15.6 Å². The van der Waals surface area contributed by atoms with E-state index in [0.717, 1.165) is 17.1 Å². The molecule has 22 heavy (non-hydrogen) atoms. The van der Waals surface area contributed by atoms with Crippen molar-refractivity contribution in [3.63, 3.8) is 0 Å². The van der Waals surface area contributed by atoms with Gasteiger partial charge in [-0.05, 0) is 5.56 Å². The van der Waals surface area contributed by atoms with Gasteiger partial charge in [0, 0.05) is 31.0 Å². The highest BCUT2D eigenvalue weighted by Gasteiger charge is 2.75. The zero-order chi connectivity index (χ0) is 15.8. The maximum absolute atomic E-state index is 12.1. The van der Waals surface area contributed by atoms with Crippen molar-refractivity contribution in [2.24, 2.45) is 5.73 Å². The fourth-order valence-corrected chi connectivity index (χ4v) is 4.00. The number of esters is 1. The summed E-state index contributed by atoms with van der Waals surface area (Å²) in [5.74, 6) is -0.0204. The Hall–Kier alpha value is -1.57. The van der Waals surface area contributed by atoms with Crippen molar-refractivity contribution in [3.8, 4) is 0 Å². The molecule has 2 aliphatic rings. The van der Waals surface area contributed by atoms with E-state index < -0.39 is 23.2 Å². The standard InChI is InChI=1S/C15H18N2O4S/c16-12(18)15(17-6-8-22-9-7-17)14(20,13(19)21-15)10-11-4-2-1-3-5-11/h1-5,20H,6-10H2,(H2,16,18)/t14-,15+/m0/s1. The molecule has 0 spiro atoms. The fourth-order valence-electron chi connectivity index (χ4n) is 3.09. The SMILES string of the molecule is NC(=O)[C@@]1(N2CCSCC2)OC(=O)[C@@]1(O)Cc1ccccc1. The Morgan fingerprint density at radius 2 is 1.95 bits per heavy atom. The average Bonchev–Trinajstić information content (AvgIpc) is 2.53. The highest BCUT2D eigenvalue weighted by atomic mass is 32.2. The minimum Gasteiger partial charge on any atom is -0.428 e. The van der Waals surface area contributed by atoms with E-state index in [0.29, 0.717) is 13.1 Å². The van der Waals surface area contributed by atoms with Crippen LogP contribution >= 0.6 is 11.8 Å². The number of rotatable bonds is 4. The summed E-state index contributed by atoms with van der Waals surface area (Å²) in [4.78, 5) is 25.8. The molecule has 2 saturated heterocycles. The van der Waals surface area contributed by atoms with Crippen molar-refractivity contribution >= 4 is 23.6 Å². The minimum absolute atomic E-state index is 0.000738. The van der Waals surface area contributed by atoms with Gasteiger partial charge in [-0.1, -0.05) is 30.3 Å². The Morgan fingerprint density at radius 1 is 1.32 bits per heavy atom. The molecule has 2 fully saturated rings. The van der Waals surface area contributed by atoms with E-state index in [1.165, 1.54) is 0 Å². The second-order valence-corrected chi connectivity index (χ2v) is 6.74. The monoisotopic (exact) mass is 322 g/mol. The minimum atomic E-state index is -1.94. The van der Waals surface area contributed by atoms with Crippen LogP contribution in [-0.4, -0.2) is 57.8 Å². The maximum atomic E-state index is 12.1. The smallest absolute Gasteiger partial charge is 0.347 e. The first-order chi connectivity index (χ1) is 10.5. The summed E-state index contributed by atoms with van der Waals surface area (Å²) < 4.78 is 5.17. The lowest BCUT2D eigenvalue weighted by molar-refractivity contribution is -0.300. The molecule has 0 unspecified atom stereocenters. The molecule has 1 aromatic carbocycles. The molecule has 3 rings (SSSR count). The molecule has 7 heteroatoms. The van der Waals surface area contributed by atoms with Crippen LogP contribution in [0.15, 0.2) is 30.3 Å². The molecule has 3 N–H and O–H groups in total. The number of benzene rings is 1. The van der Waals surface area contributed by atoms with Gasteiger partial charge in [-0.25, -0.2) is 4.79 Å². The topological polar surface area (TPSA) is 92.9 Å². The molecule has 2 aliphatic heterocycles. The summed E-state index contributed by atoms with van der Waals surface area (Å²) in [5, 5.41) is 10.9. The normalized spacial score (nSPS) is 32.1. The van der Waals surface area contributed by atoms with Crippen LogP contribution in [0, 0.1) is 0 Å². The molecule has 0 aromatic heterocycles. The Kier molecular flexibility index (Phi) is 3.88. The predicted octanol–water partition coefficient (Wildman–Crippen LogP) is -0.253. The number of hydrogen-bond donors (Lipinski definition) is 2. The van der Waals surface area contributed by atoms with E-state index in [9.17, 15) is 14.7 Å². The number of carbonyl (C=O) groups excluding carboxylic acids is 2. The first-order valence-corrected chi connectivity index (χ1v) is 8.28. The summed E-state index contributed by atoms with van der Waals surface area (Å²) >= 11 is 1.75. The molecule has 6 nitrogen and oxygen atoms in total. The van der Waals surface area contributed by atoms with Crippen LogP contribution in [0.2, 0.25) is 0 Å². The molecule has 0 bridgehead atoms. The summed E-state index contributed by atoms with van der Waals surface area (Å²) in [6.45, 7) is 1.08. The summed E-state index contributed by atoms with van der Waals surface area (Å²) in [6, 6.07) is 9.05. The zero-order valence-corrected chi connectivity index (χ0v) is 12.8. The van der Waals surface area contributed by atoms with Crippen molar-refractivity contribution in [1.82, 2.24) is 4.90 Å². The quantitative estimate of drug-likeness (QED) is 0.743. The fraction of sp³-hybridized carbons (Fsp3) is 0.467. The number of nitrogens with zero attached hydrogens (tertiary/aromatic N) is 1. The molecule has 2 heterocycles. The molecule has 1 amide bonds. The lowest BCUT2D eigenvalue weighted by Crippen LogP contribution is -2.84. The maximum Gasteiger partial charge on any atom is 0.347 e. The first-order valence-electron chi connectivity index (χ1n) is 7.13. The molecule has 1 aromatic rings. The number of primary amides is 1. The third-order valence-corrected chi connectivity index (χ3v) is 5.17. The van der Waals surface area contributed by atoms with Crippen LogP contribution in [0.1, 0.15) is 5.56 Å². The van der Waals surface area contributed by atoms with E-state index in [-0.39, 0.29) is 6.42 Å². The Morgan fingerprint density at radius 3 is 2.50 bits per heavy atom. The number of hydrogen-bond acceptors (Lipinski definition) is 6. The number of cyclic esters (lactones) is 1. The molecular formula is C15H18N2O4S. The molecule has 0 saturated carbocycles. The third kappa shape index (κ3) is 2.12. The summed E-state index contributed by atoms with van der Waals surface area (Å²) in [7, 11) is 0. The van der Waals surface area contributed by atoms with Crippen LogP contribution in [0.3, 0.4) is 0 Å². The second kappa shape index (κ2) is 5.57. The number of carbonyl (C=O) groups is 2. The number of ether oxygens (including phenoxy) is 1. The van der Waals surface area contributed by atoms with Gasteiger partial charge in [0.1, 0.15) is 0 Å². The van der Waals surface area contributed by atoms with Crippen LogP contribution in [-0.2, 0) is 20.7 Å². The Labute approximate surface area is 132 Å².